The largest absolute Gasteiger partial charge is 0.326 e. The standard InChI is InChI=1S/C16H26N2O2S/c1-3-14-8-9-16(10-15(14)11-17)21(19,20)18(4-2)12-13-6-5-7-13/h8-10,13H,3-7,11-12,17H2,1-2H3. The van der Waals surface area contributed by atoms with Gasteiger partial charge in [-0.1, -0.05) is 26.3 Å². The van der Waals surface area contributed by atoms with Crippen LogP contribution in [0.4, 0.5) is 0 Å². The maximum atomic E-state index is 12.8. The first kappa shape index (κ1) is 16.5. The van der Waals surface area contributed by atoms with E-state index in [1.54, 1.807) is 16.4 Å². The molecule has 1 saturated carbocycles. The minimum absolute atomic E-state index is 0.376. The van der Waals surface area contributed by atoms with Crippen LogP contribution in [-0.4, -0.2) is 25.8 Å². The van der Waals surface area contributed by atoms with Crippen LogP contribution < -0.4 is 5.73 Å². The molecule has 0 atom stereocenters. The molecule has 1 aromatic rings. The number of sulfonamides is 1. The lowest BCUT2D eigenvalue weighted by Crippen LogP contribution is -2.37. The van der Waals surface area contributed by atoms with Crippen LogP contribution in [0.3, 0.4) is 0 Å². The molecule has 5 heteroatoms. The average molecular weight is 310 g/mol. The molecule has 4 nitrogen and oxygen atoms in total. The van der Waals surface area contributed by atoms with Gasteiger partial charge in [0, 0.05) is 19.6 Å². The zero-order chi connectivity index (χ0) is 15.5. The van der Waals surface area contributed by atoms with Crippen LogP contribution in [-0.2, 0) is 23.0 Å². The van der Waals surface area contributed by atoms with Gasteiger partial charge in [-0.15, -0.1) is 0 Å². The van der Waals surface area contributed by atoms with Gasteiger partial charge in [-0.3, -0.25) is 0 Å². The summed E-state index contributed by atoms with van der Waals surface area (Å²) in [5, 5.41) is 0. The van der Waals surface area contributed by atoms with Crippen molar-refractivity contribution in [2.75, 3.05) is 13.1 Å². The van der Waals surface area contributed by atoms with E-state index in [0.717, 1.165) is 30.4 Å². The van der Waals surface area contributed by atoms with E-state index in [1.807, 2.05) is 13.0 Å². The smallest absolute Gasteiger partial charge is 0.243 e. The second-order valence-corrected chi connectivity index (χ2v) is 7.68. The van der Waals surface area contributed by atoms with Gasteiger partial charge in [-0.2, -0.15) is 4.31 Å². The van der Waals surface area contributed by atoms with E-state index in [-0.39, 0.29) is 0 Å². The lowest BCUT2D eigenvalue weighted by molar-refractivity contribution is 0.250. The molecule has 0 bridgehead atoms. The van der Waals surface area contributed by atoms with Crippen molar-refractivity contribution in [3.8, 4) is 0 Å². The summed E-state index contributed by atoms with van der Waals surface area (Å²) in [6, 6.07) is 5.36. The SMILES string of the molecule is CCc1ccc(S(=O)(=O)N(CC)CC2CCC2)cc1CN. The Morgan fingerprint density at radius 3 is 2.43 bits per heavy atom. The maximum absolute atomic E-state index is 12.8. The average Bonchev–Trinajstić information content (AvgIpc) is 2.45. The Kier molecular flexibility index (Phi) is 5.41. The molecule has 0 unspecified atom stereocenters. The van der Waals surface area contributed by atoms with Crippen molar-refractivity contribution in [3.63, 3.8) is 0 Å². The fourth-order valence-electron chi connectivity index (χ4n) is 2.81. The highest BCUT2D eigenvalue weighted by Gasteiger charge is 2.28. The van der Waals surface area contributed by atoms with Crippen molar-refractivity contribution >= 4 is 10.0 Å². The van der Waals surface area contributed by atoms with Gasteiger partial charge in [0.25, 0.3) is 0 Å². The van der Waals surface area contributed by atoms with Crippen molar-refractivity contribution in [1.82, 2.24) is 4.31 Å². The van der Waals surface area contributed by atoms with Crippen LogP contribution in [0.2, 0.25) is 0 Å². The number of aryl methyl sites for hydroxylation is 1. The van der Waals surface area contributed by atoms with Gasteiger partial charge in [-0.05, 0) is 48.4 Å². The third kappa shape index (κ3) is 3.47. The Labute approximate surface area is 128 Å². The monoisotopic (exact) mass is 310 g/mol. The number of rotatable bonds is 7. The van der Waals surface area contributed by atoms with Crippen LogP contribution in [0.5, 0.6) is 0 Å². The van der Waals surface area contributed by atoms with Gasteiger partial charge in [-0.25, -0.2) is 8.42 Å². The van der Waals surface area contributed by atoms with Crippen LogP contribution in [0.25, 0.3) is 0 Å². The Balaban J connectivity index is 2.28. The molecule has 0 aromatic heterocycles. The van der Waals surface area contributed by atoms with Gasteiger partial charge in [0.15, 0.2) is 0 Å². The zero-order valence-corrected chi connectivity index (χ0v) is 13.8. The van der Waals surface area contributed by atoms with Gasteiger partial charge < -0.3 is 5.73 Å². The van der Waals surface area contributed by atoms with Crippen LogP contribution in [0, 0.1) is 5.92 Å². The number of nitrogens with two attached hydrogens (primary N) is 1. The molecular formula is C16H26N2O2S. The zero-order valence-electron chi connectivity index (χ0n) is 13.0. The van der Waals surface area contributed by atoms with E-state index < -0.39 is 10.0 Å². The normalized spacial score (nSPS) is 16.2. The van der Waals surface area contributed by atoms with E-state index in [4.69, 9.17) is 5.73 Å². The first-order valence-electron chi connectivity index (χ1n) is 7.84. The molecule has 0 amide bonds. The summed E-state index contributed by atoms with van der Waals surface area (Å²) in [5.41, 5.74) is 7.80. The molecule has 0 heterocycles. The Morgan fingerprint density at radius 1 is 1.24 bits per heavy atom. The van der Waals surface area contributed by atoms with E-state index in [0.29, 0.717) is 30.4 Å². The van der Waals surface area contributed by atoms with E-state index >= 15 is 0 Å². The lowest BCUT2D eigenvalue weighted by atomic mass is 9.85. The predicted molar refractivity (Wildman–Crippen MR) is 85.5 cm³/mol. The summed E-state index contributed by atoms with van der Waals surface area (Å²) in [4.78, 5) is 0.376. The summed E-state index contributed by atoms with van der Waals surface area (Å²) in [5.74, 6) is 0.531. The molecule has 1 fully saturated rings. The molecule has 118 valence electrons. The molecule has 2 N–H and O–H groups in total. The van der Waals surface area contributed by atoms with E-state index in [2.05, 4.69) is 6.92 Å². The number of nitrogens with zero attached hydrogens (tertiary/aromatic N) is 1. The molecular weight excluding hydrogens is 284 g/mol. The Hall–Kier alpha value is -0.910. The highest BCUT2D eigenvalue weighted by molar-refractivity contribution is 7.89. The molecule has 0 saturated heterocycles. The first-order valence-corrected chi connectivity index (χ1v) is 9.28. The Morgan fingerprint density at radius 2 is 1.95 bits per heavy atom. The molecule has 0 aliphatic heterocycles. The van der Waals surface area contributed by atoms with Crippen molar-refractivity contribution in [3.05, 3.63) is 29.3 Å². The van der Waals surface area contributed by atoms with Crippen molar-refractivity contribution in [2.45, 2.75) is 51.0 Å². The second kappa shape index (κ2) is 6.90. The fraction of sp³-hybridized carbons (Fsp3) is 0.625. The van der Waals surface area contributed by atoms with Crippen molar-refractivity contribution in [2.24, 2.45) is 11.7 Å². The number of hydrogen-bond donors (Lipinski definition) is 1. The van der Waals surface area contributed by atoms with Gasteiger partial charge in [0.05, 0.1) is 4.90 Å². The molecule has 0 radical (unpaired) electrons. The molecule has 1 aliphatic carbocycles. The first-order chi connectivity index (χ1) is 10.0. The quantitative estimate of drug-likeness (QED) is 0.841. The third-order valence-electron chi connectivity index (χ3n) is 4.46. The molecule has 1 aliphatic rings. The van der Waals surface area contributed by atoms with Gasteiger partial charge >= 0.3 is 0 Å². The van der Waals surface area contributed by atoms with Crippen LogP contribution >= 0.6 is 0 Å². The molecule has 21 heavy (non-hydrogen) atoms. The van der Waals surface area contributed by atoms with Crippen LogP contribution in [0.15, 0.2) is 23.1 Å². The summed E-state index contributed by atoms with van der Waals surface area (Å²) < 4.78 is 27.2. The fourth-order valence-corrected chi connectivity index (χ4v) is 4.38. The summed E-state index contributed by atoms with van der Waals surface area (Å²) in [6.45, 7) is 5.50. The minimum Gasteiger partial charge on any atom is -0.326 e. The number of benzene rings is 1. The molecule has 0 spiro atoms. The van der Waals surface area contributed by atoms with E-state index in [1.165, 1.54) is 6.42 Å². The topological polar surface area (TPSA) is 63.4 Å². The molecule has 2 rings (SSSR count). The highest BCUT2D eigenvalue weighted by atomic mass is 32.2. The highest BCUT2D eigenvalue weighted by Crippen LogP contribution is 2.29. The second-order valence-electron chi connectivity index (χ2n) is 5.74. The number of hydrogen-bond acceptors (Lipinski definition) is 3. The van der Waals surface area contributed by atoms with Gasteiger partial charge in [0.1, 0.15) is 0 Å². The van der Waals surface area contributed by atoms with Crippen LogP contribution in [0.1, 0.15) is 44.2 Å². The third-order valence-corrected chi connectivity index (χ3v) is 6.39. The minimum atomic E-state index is -3.40. The summed E-state index contributed by atoms with van der Waals surface area (Å²) in [6.07, 6.45) is 4.39. The summed E-state index contributed by atoms with van der Waals surface area (Å²) >= 11 is 0. The summed E-state index contributed by atoms with van der Waals surface area (Å²) in [7, 11) is -3.40. The van der Waals surface area contributed by atoms with Crippen molar-refractivity contribution < 1.29 is 8.42 Å². The van der Waals surface area contributed by atoms with Gasteiger partial charge in [0.2, 0.25) is 10.0 Å². The molecule has 1 aromatic carbocycles. The van der Waals surface area contributed by atoms with Crippen molar-refractivity contribution in [1.29, 1.82) is 0 Å². The maximum Gasteiger partial charge on any atom is 0.243 e. The Bertz CT molecular complexity index is 580. The van der Waals surface area contributed by atoms with E-state index in [9.17, 15) is 8.42 Å². The predicted octanol–water partition coefficient (Wildman–Crippen LogP) is 2.52. The lowest BCUT2D eigenvalue weighted by Gasteiger charge is -2.31.